The van der Waals surface area contributed by atoms with E-state index in [1.807, 2.05) is 13.8 Å². The van der Waals surface area contributed by atoms with Crippen molar-refractivity contribution in [2.45, 2.75) is 53.9 Å². The van der Waals surface area contributed by atoms with Gasteiger partial charge in [0, 0.05) is 37.4 Å². The Kier molecular flexibility index (Phi) is 9.27. The zero-order valence-corrected chi connectivity index (χ0v) is 15.5. The fraction of sp³-hybridized carbons (Fsp3) is 1.00. The van der Waals surface area contributed by atoms with Crippen LogP contribution in [0.15, 0.2) is 0 Å². The quantitative estimate of drug-likeness (QED) is 0.790. The van der Waals surface area contributed by atoms with E-state index in [4.69, 9.17) is 8.74 Å². The first-order valence-electron chi connectivity index (χ1n) is 5.53. The van der Waals surface area contributed by atoms with Crippen LogP contribution in [0, 0.1) is 10.8 Å². The predicted octanol–water partition coefficient (Wildman–Crippen LogP) is 3.38. The fourth-order valence-electron chi connectivity index (χ4n) is 1.40. The van der Waals surface area contributed by atoms with Gasteiger partial charge in [0.1, 0.15) is 0 Å². The molecule has 0 aliphatic carbocycles. The van der Waals surface area contributed by atoms with Gasteiger partial charge >= 0.3 is 0 Å². The van der Waals surface area contributed by atoms with Crippen molar-refractivity contribution >= 4 is 20.2 Å². The average molecular weight is 360 g/mol. The maximum absolute atomic E-state index is 10.8. The molecule has 102 valence electrons. The Morgan fingerprint density at radius 3 is 2.00 bits per heavy atom. The molecule has 0 fully saturated rings. The van der Waals surface area contributed by atoms with E-state index in [-0.39, 0.29) is 38.2 Å². The van der Waals surface area contributed by atoms with E-state index in [2.05, 4.69) is 32.0 Å². The predicted molar refractivity (Wildman–Crippen MR) is 71.2 cm³/mol. The third-order valence-corrected chi connectivity index (χ3v) is 3.08. The Hall–Kier alpha value is 1.17. The standard InChI is InChI=1S/C11H24O3S2.Zr/c1-10(2,3)7-6-8-11(4,5)9-14-16(12,13)15;/h6-9H2,1-5H3,(H,12,13,15);. The van der Waals surface area contributed by atoms with E-state index in [0.29, 0.717) is 5.41 Å². The molecule has 0 saturated heterocycles. The maximum atomic E-state index is 10.8. The van der Waals surface area contributed by atoms with Gasteiger partial charge in [0.25, 0.3) is 9.05 Å². The van der Waals surface area contributed by atoms with E-state index in [0.717, 1.165) is 19.3 Å². The summed E-state index contributed by atoms with van der Waals surface area (Å²) < 4.78 is 24.4. The molecule has 0 aliphatic heterocycles. The monoisotopic (exact) mass is 358 g/mol. The summed E-state index contributed by atoms with van der Waals surface area (Å²) >= 11 is 4.29. The molecule has 0 rings (SSSR count). The molecule has 0 heterocycles. The van der Waals surface area contributed by atoms with Gasteiger partial charge in [-0.25, -0.2) is 0 Å². The first-order valence-corrected chi connectivity index (χ1v) is 7.90. The van der Waals surface area contributed by atoms with Gasteiger partial charge in [0.15, 0.2) is 0 Å². The molecule has 0 spiro atoms. The van der Waals surface area contributed by atoms with Crippen LogP contribution in [0.5, 0.6) is 0 Å². The van der Waals surface area contributed by atoms with Crippen molar-refractivity contribution in [2.75, 3.05) is 6.61 Å². The second-order valence-electron chi connectivity index (χ2n) is 6.27. The fourth-order valence-corrected chi connectivity index (χ4v) is 2.02. The van der Waals surface area contributed by atoms with Crippen LogP contribution < -0.4 is 0 Å². The van der Waals surface area contributed by atoms with E-state index in [1.54, 1.807) is 0 Å². The van der Waals surface area contributed by atoms with Crippen molar-refractivity contribution in [1.29, 1.82) is 0 Å². The van der Waals surface area contributed by atoms with E-state index >= 15 is 0 Å². The van der Waals surface area contributed by atoms with Crippen molar-refractivity contribution in [1.82, 2.24) is 0 Å². The van der Waals surface area contributed by atoms with Crippen LogP contribution in [0.4, 0.5) is 0 Å². The Bertz CT molecular complexity index is 305. The molecular formula is C11H24O3S2Zr. The maximum Gasteiger partial charge on any atom is 0.266 e. The van der Waals surface area contributed by atoms with Crippen LogP contribution in [0.25, 0.3) is 0 Å². The van der Waals surface area contributed by atoms with Crippen LogP contribution in [-0.4, -0.2) is 15.4 Å². The average Bonchev–Trinajstić information content (AvgIpc) is 1.97. The molecule has 1 atom stereocenters. The third kappa shape index (κ3) is 15.1. The van der Waals surface area contributed by atoms with Crippen molar-refractivity contribution in [2.24, 2.45) is 10.8 Å². The van der Waals surface area contributed by atoms with E-state index in [1.165, 1.54) is 0 Å². The summed E-state index contributed by atoms with van der Waals surface area (Å²) in [6.07, 6.45) is 3.19. The summed E-state index contributed by atoms with van der Waals surface area (Å²) in [5.41, 5.74) is 0.231. The van der Waals surface area contributed by atoms with Crippen LogP contribution in [-0.2, 0) is 50.6 Å². The molecule has 17 heavy (non-hydrogen) atoms. The van der Waals surface area contributed by atoms with Gasteiger partial charge in [-0.05, 0) is 23.7 Å². The largest absolute Gasteiger partial charge is 0.285 e. The van der Waals surface area contributed by atoms with E-state index in [9.17, 15) is 4.21 Å². The van der Waals surface area contributed by atoms with Gasteiger partial charge in [-0.2, -0.15) is 4.21 Å². The minimum Gasteiger partial charge on any atom is -0.285 e. The smallest absolute Gasteiger partial charge is 0.266 e. The first-order chi connectivity index (χ1) is 6.91. The molecule has 3 nitrogen and oxygen atoms in total. The molecule has 0 aromatic carbocycles. The number of rotatable bonds is 6. The van der Waals surface area contributed by atoms with Gasteiger partial charge in [-0.1, -0.05) is 41.0 Å². The molecule has 1 N–H and O–H groups in total. The second kappa shape index (κ2) is 7.69. The summed E-state index contributed by atoms with van der Waals surface area (Å²) in [6, 6.07) is 0. The van der Waals surface area contributed by atoms with Gasteiger partial charge in [-0.15, -0.1) is 0 Å². The minimum absolute atomic E-state index is 0. The summed E-state index contributed by atoms with van der Waals surface area (Å²) in [5, 5.41) is 0. The zero-order valence-electron chi connectivity index (χ0n) is 11.4. The Labute approximate surface area is 130 Å². The van der Waals surface area contributed by atoms with Gasteiger partial charge < -0.3 is 0 Å². The van der Waals surface area contributed by atoms with Crippen LogP contribution in [0.3, 0.4) is 0 Å². The van der Waals surface area contributed by atoms with Crippen LogP contribution in [0.1, 0.15) is 53.9 Å². The molecule has 1 unspecified atom stereocenters. The second-order valence-corrected chi connectivity index (χ2v) is 8.62. The third-order valence-electron chi connectivity index (χ3n) is 2.38. The molecule has 0 bridgehead atoms. The Balaban J connectivity index is 0. The molecule has 0 aromatic heterocycles. The van der Waals surface area contributed by atoms with Crippen molar-refractivity contribution in [3.05, 3.63) is 0 Å². The van der Waals surface area contributed by atoms with Crippen LogP contribution >= 0.6 is 0 Å². The molecule has 6 heteroatoms. The molecule has 0 amide bonds. The molecule has 0 radical (unpaired) electrons. The minimum atomic E-state index is -3.48. The zero-order chi connectivity index (χ0) is 13.0. The SMILES string of the molecule is CC(C)(C)CCCC(C)(C)COS(=O)(O)=S.[Zr]. The molecule has 0 aliphatic rings. The van der Waals surface area contributed by atoms with Crippen LogP contribution in [0.2, 0.25) is 0 Å². The molecule has 0 saturated carbocycles. The summed E-state index contributed by atoms with van der Waals surface area (Å²) in [7, 11) is -3.48. The van der Waals surface area contributed by atoms with Gasteiger partial charge in [0.05, 0.1) is 6.61 Å². The normalized spacial score (nSPS) is 16.1. The number of hydrogen-bond donors (Lipinski definition) is 1. The summed E-state index contributed by atoms with van der Waals surface area (Å²) in [6.45, 7) is 10.9. The Morgan fingerprint density at radius 2 is 1.65 bits per heavy atom. The first kappa shape index (κ1) is 20.5. The van der Waals surface area contributed by atoms with Crippen molar-refractivity contribution in [3.63, 3.8) is 0 Å². The van der Waals surface area contributed by atoms with E-state index < -0.39 is 9.05 Å². The summed E-state index contributed by atoms with van der Waals surface area (Å²) in [5.74, 6) is 0. The van der Waals surface area contributed by atoms with Gasteiger partial charge in [-0.3, -0.25) is 8.74 Å². The van der Waals surface area contributed by atoms with Gasteiger partial charge in [0.2, 0.25) is 0 Å². The Morgan fingerprint density at radius 1 is 1.18 bits per heavy atom. The molecular weight excluding hydrogens is 335 g/mol. The summed E-state index contributed by atoms with van der Waals surface area (Å²) in [4.78, 5) is 0. The topological polar surface area (TPSA) is 46.5 Å². The number of hydrogen-bond acceptors (Lipinski definition) is 3. The van der Waals surface area contributed by atoms with Crippen molar-refractivity contribution < 1.29 is 39.1 Å². The molecule has 0 aromatic rings. The van der Waals surface area contributed by atoms with Crippen molar-refractivity contribution in [3.8, 4) is 0 Å².